The predicted molar refractivity (Wildman–Crippen MR) is 100 cm³/mol. The fraction of sp³-hybridized carbons (Fsp3) is 0.316. The van der Waals surface area contributed by atoms with Crippen LogP contribution in [0.15, 0.2) is 30.7 Å². The van der Waals surface area contributed by atoms with Crippen LogP contribution in [-0.2, 0) is 6.61 Å². The van der Waals surface area contributed by atoms with E-state index in [1.807, 2.05) is 6.08 Å². The number of aliphatic hydroxyl groups is 1. The molecule has 0 saturated heterocycles. The van der Waals surface area contributed by atoms with Crippen LogP contribution in [0.1, 0.15) is 29.7 Å². The molecule has 150 valence electrons. The lowest BCUT2D eigenvalue weighted by Crippen LogP contribution is -2.44. The first-order valence-corrected chi connectivity index (χ1v) is 9.16. The number of imidazole rings is 1. The Morgan fingerprint density at radius 2 is 2.10 bits per heavy atom. The molecule has 0 unspecified atom stereocenters. The largest absolute Gasteiger partial charge is 0.390 e. The van der Waals surface area contributed by atoms with E-state index in [0.717, 1.165) is 5.57 Å². The van der Waals surface area contributed by atoms with Crippen molar-refractivity contribution in [2.24, 2.45) is 0 Å². The van der Waals surface area contributed by atoms with Crippen molar-refractivity contribution in [3.05, 3.63) is 53.4 Å². The highest BCUT2D eigenvalue weighted by molar-refractivity contribution is 5.87. The van der Waals surface area contributed by atoms with E-state index in [2.05, 4.69) is 25.6 Å². The highest BCUT2D eigenvalue weighted by Gasteiger charge is 2.45. The molecule has 0 atom stereocenters. The van der Waals surface area contributed by atoms with E-state index in [4.69, 9.17) is 0 Å². The number of aromatic nitrogens is 4. The van der Waals surface area contributed by atoms with Gasteiger partial charge in [-0.05, 0) is 11.6 Å². The van der Waals surface area contributed by atoms with Crippen molar-refractivity contribution in [1.82, 2.24) is 19.4 Å². The van der Waals surface area contributed by atoms with Gasteiger partial charge in [0, 0.05) is 48.9 Å². The molecule has 7 nitrogen and oxygen atoms in total. The minimum atomic E-state index is -2.62. The molecule has 1 fully saturated rings. The minimum Gasteiger partial charge on any atom is -0.390 e. The van der Waals surface area contributed by atoms with Crippen molar-refractivity contribution in [3.8, 4) is 0 Å². The van der Waals surface area contributed by atoms with Gasteiger partial charge in [-0.1, -0.05) is 6.08 Å². The maximum atomic E-state index is 14.5. The maximum Gasteiger partial charge on any atom is 0.252 e. The third-order valence-corrected chi connectivity index (χ3v) is 5.19. The third kappa shape index (κ3) is 3.09. The van der Waals surface area contributed by atoms with Crippen molar-refractivity contribution < 1.29 is 18.3 Å². The molecule has 0 bridgehead atoms. The number of hydrogen-bond acceptors (Lipinski definition) is 6. The summed E-state index contributed by atoms with van der Waals surface area (Å²) in [6, 6.07) is 1.03. The van der Waals surface area contributed by atoms with Gasteiger partial charge in [0.1, 0.15) is 5.82 Å². The van der Waals surface area contributed by atoms with Gasteiger partial charge in [-0.2, -0.15) is 4.98 Å². The van der Waals surface area contributed by atoms with Crippen molar-refractivity contribution in [3.63, 3.8) is 0 Å². The number of aliphatic hydroxyl groups excluding tert-OH is 1. The fourth-order valence-corrected chi connectivity index (χ4v) is 3.72. The van der Waals surface area contributed by atoms with Crippen molar-refractivity contribution in [1.29, 1.82) is 0 Å². The topological polar surface area (TPSA) is 87.4 Å². The number of nitrogens with one attached hydrogen (secondary N) is 2. The molecule has 3 aromatic heterocycles. The summed E-state index contributed by atoms with van der Waals surface area (Å²) in [6.07, 6.45) is 6.15. The van der Waals surface area contributed by atoms with Crippen LogP contribution in [0.5, 0.6) is 0 Å². The molecule has 1 saturated carbocycles. The van der Waals surface area contributed by atoms with Gasteiger partial charge < -0.3 is 15.7 Å². The van der Waals surface area contributed by atoms with Gasteiger partial charge in [0.15, 0.2) is 11.5 Å². The molecule has 2 aliphatic rings. The van der Waals surface area contributed by atoms with E-state index in [0.29, 0.717) is 29.2 Å². The van der Waals surface area contributed by atoms with Gasteiger partial charge >= 0.3 is 0 Å². The first kappa shape index (κ1) is 17.9. The first-order valence-electron chi connectivity index (χ1n) is 9.16. The zero-order chi connectivity index (χ0) is 20.2. The Labute approximate surface area is 163 Å². The molecule has 3 N–H and O–H groups in total. The summed E-state index contributed by atoms with van der Waals surface area (Å²) >= 11 is 0. The Morgan fingerprint density at radius 3 is 2.86 bits per heavy atom. The van der Waals surface area contributed by atoms with Crippen molar-refractivity contribution in [2.75, 3.05) is 17.2 Å². The normalized spacial score (nSPS) is 18.0. The van der Waals surface area contributed by atoms with Crippen LogP contribution in [0.4, 0.5) is 24.9 Å². The molecule has 0 spiro atoms. The fourth-order valence-electron chi connectivity index (χ4n) is 3.72. The summed E-state index contributed by atoms with van der Waals surface area (Å²) in [4.78, 5) is 12.6. The van der Waals surface area contributed by atoms with Crippen LogP contribution in [0.25, 0.3) is 11.2 Å². The monoisotopic (exact) mass is 402 g/mol. The number of halogens is 3. The Morgan fingerprint density at radius 1 is 1.28 bits per heavy atom. The predicted octanol–water partition coefficient (Wildman–Crippen LogP) is 2.82. The van der Waals surface area contributed by atoms with Crippen LogP contribution in [0, 0.1) is 5.82 Å². The number of fused-ring (bicyclic) bond motifs is 2. The van der Waals surface area contributed by atoms with E-state index < -0.39 is 11.7 Å². The number of alkyl halides is 2. The molecule has 29 heavy (non-hydrogen) atoms. The molecule has 1 aliphatic carbocycles. The lowest BCUT2D eigenvalue weighted by molar-refractivity contribution is -0.0794. The number of rotatable bonds is 4. The minimum absolute atomic E-state index is 0.139. The maximum absolute atomic E-state index is 14.5. The molecule has 3 aromatic rings. The summed E-state index contributed by atoms with van der Waals surface area (Å²) in [5.41, 5.74) is 2.61. The molecular weight excluding hydrogens is 385 g/mol. The molecule has 5 rings (SSSR count). The second-order valence-corrected chi connectivity index (χ2v) is 7.24. The highest BCUT2D eigenvalue weighted by atomic mass is 19.3. The van der Waals surface area contributed by atoms with Crippen molar-refractivity contribution >= 4 is 23.0 Å². The molecule has 0 amide bonds. The molecule has 0 radical (unpaired) electrons. The van der Waals surface area contributed by atoms with Crippen molar-refractivity contribution in [2.45, 2.75) is 31.4 Å². The van der Waals surface area contributed by atoms with Gasteiger partial charge in [-0.25, -0.2) is 23.1 Å². The lowest BCUT2D eigenvalue weighted by atomic mass is 9.88. The van der Waals surface area contributed by atoms with Gasteiger partial charge in [-0.15, -0.1) is 0 Å². The number of pyridine rings is 1. The zero-order valence-electron chi connectivity index (χ0n) is 15.2. The zero-order valence-corrected chi connectivity index (χ0v) is 15.2. The first-order chi connectivity index (χ1) is 13.9. The number of nitrogens with zero attached hydrogens (tertiary/aromatic N) is 4. The quantitative estimate of drug-likeness (QED) is 0.622. The lowest BCUT2D eigenvalue weighted by Gasteiger charge is -2.35. The summed E-state index contributed by atoms with van der Waals surface area (Å²) in [6.45, 7) is 0.205. The average molecular weight is 402 g/mol. The number of anilines is 2. The van der Waals surface area contributed by atoms with Crippen LogP contribution in [0.2, 0.25) is 0 Å². The Balaban J connectivity index is 1.47. The Kier molecular flexibility index (Phi) is 3.98. The third-order valence-electron chi connectivity index (χ3n) is 5.19. The van der Waals surface area contributed by atoms with E-state index in [9.17, 15) is 18.3 Å². The van der Waals surface area contributed by atoms with E-state index in [1.165, 1.54) is 16.7 Å². The second kappa shape index (κ2) is 6.45. The van der Waals surface area contributed by atoms with Crippen LogP contribution in [-0.4, -0.2) is 43.0 Å². The second-order valence-electron chi connectivity index (χ2n) is 7.24. The smallest absolute Gasteiger partial charge is 0.252 e. The summed E-state index contributed by atoms with van der Waals surface area (Å²) in [5.74, 6) is -2.31. The Hall–Kier alpha value is -3.14. The Bertz CT molecular complexity index is 1130. The molecular formula is C19H17F3N6O. The average Bonchev–Trinajstić information content (AvgIpc) is 3.09. The van der Waals surface area contributed by atoms with Gasteiger partial charge in [0.25, 0.3) is 5.92 Å². The number of hydrogen-bond donors (Lipinski definition) is 3. The summed E-state index contributed by atoms with van der Waals surface area (Å²) in [5, 5.41) is 15.5. The molecule has 10 heteroatoms. The van der Waals surface area contributed by atoms with Crippen LogP contribution >= 0.6 is 0 Å². The highest BCUT2D eigenvalue weighted by Crippen LogP contribution is 2.39. The van der Waals surface area contributed by atoms with Gasteiger partial charge in [0.2, 0.25) is 5.95 Å². The molecule has 0 aromatic carbocycles. The van der Waals surface area contributed by atoms with Crippen LogP contribution < -0.4 is 10.6 Å². The molecule has 1 aliphatic heterocycles. The standard InChI is InChI=1S/C19H17F3N6O/c20-15-3-10(8-28-12(9-29)6-24-17(15)28)13-1-2-23-16-14(13)7-25-18(27-16)26-11-4-19(21,22)5-11/h1,3,6-8,11,29H,2,4-5,9H2,(H2,23,25,26,27). The molecule has 4 heterocycles. The summed E-state index contributed by atoms with van der Waals surface area (Å²) < 4.78 is 42.1. The van der Waals surface area contributed by atoms with Gasteiger partial charge in [-0.3, -0.25) is 4.40 Å². The summed E-state index contributed by atoms with van der Waals surface area (Å²) in [7, 11) is 0. The SMILES string of the molecule is OCc1cnc2c(F)cc(C3=CCNc4nc(NC5CC(F)(F)C5)ncc43)cn12. The van der Waals surface area contributed by atoms with E-state index in [1.54, 1.807) is 12.4 Å². The van der Waals surface area contributed by atoms with E-state index in [-0.39, 0.29) is 37.1 Å². The van der Waals surface area contributed by atoms with E-state index >= 15 is 0 Å². The van der Waals surface area contributed by atoms with Crippen LogP contribution in [0.3, 0.4) is 0 Å². The van der Waals surface area contributed by atoms with Gasteiger partial charge in [0.05, 0.1) is 18.5 Å².